The largest absolute Gasteiger partial charge is 0.480 e. The third-order valence-electron chi connectivity index (χ3n) is 3.07. The van der Waals surface area contributed by atoms with Crippen LogP contribution in [0.3, 0.4) is 0 Å². The van der Waals surface area contributed by atoms with Gasteiger partial charge in [0.1, 0.15) is 6.54 Å². The van der Waals surface area contributed by atoms with Crippen molar-refractivity contribution in [2.75, 3.05) is 18.6 Å². The molecule has 1 aromatic rings. The number of aliphatic carboxylic acids is 1. The van der Waals surface area contributed by atoms with Gasteiger partial charge in [-0.1, -0.05) is 12.1 Å². The molecule has 0 spiro atoms. The van der Waals surface area contributed by atoms with Crippen LogP contribution >= 0.6 is 11.8 Å². The fourth-order valence-electron chi connectivity index (χ4n) is 1.94. The van der Waals surface area contributed by atoms with E-state index in [9.17, 15) is 22.8 Å². The van der Waals surface area contributed by atoms with Gasteiger partial charge >= 0.3 is 12.1 Å². The predicted octanol–water partition coefficient (Wildman–Crippen LogP) is 3.26. The Morgan fingerprint density at radius 1 is 1.22 bits per heavy atom. The Hall–Kier alpha value is -1.70. The summed E-state index contributed by atoms with van der Waals surface area (Å²) in [6.07, 6.45) is -1.67. The molecular weight excluding hydrogens is 331 g/mol. The highest BCUT2D eigenvalue weighted by Crippen LogP contribution is 2.29. The summed E-state index contributed by atoms with van der Waals surface area (Å²) < 4.78 is 37.5. The zero-order valence-corrected chi connectivity index (χ0v) is 13.4. The minimum atomic E-state index is -4.42. The number of carboxylic acid groups (broad SMARTS) is 1. The molecule has 0 atom stereocenters. The first-order valence-corrected chi connectivity index (χ1v) is 8.28. The van der Waals surface area contributed by atoms with Crippen LogP contribution in [-0.2, 0) is 22.3 Å². The molecule has 0 bridgehead atoms. The summed E-state index contributed by atoms with van der Waals surface area (Å²) in [6.45, 7) is -0.498. The molecule has 0 aliphatic heterocycles. The van der Waals surface area contributed by atoms with Crippen molar-refractivity contribution in [1.82, 2.24) is 4.90 Å². The van der Waals surface area contributed by atoms with Crippen molar-refractivity contribution in [3.63, 3.8) is 0 Å². The van der Waals surface area contributed by atoms with Crippen LogP contribution in [0.4, 0.5) is 13.2 Å². The van der Waals surface area contributed by atoms with Crippen LogP contribution in [0.25, 0.3) is 0 Å². The monoisotopic (exact) mass is 349 g/mol. The Bertz CT molecular complexity index is 532. The van der Waals surface area contributed by atoms with Gasteiger partial charge in [0.2, 0.25) is 5.91 Å². The lowest BCUT2D eigenvalue weighted by Crippen LogP contribution is -2.35. The molecule has 1 amide bonds. The van der Waals surface area contributed by atoms with E-state index < -0.39 is 24.3 Å². The smallest absolute Gasteiger partial charge is 0.416 e. The number of thioether (sulfide) groups is 1. The van der Waals surface area contributed by atoms with E-state index in [4.69, 9.17) is 5.11 Å². The highest BCUT2D eigenvalue weighted by atomic mass is 32.2. The van der Waals surface area contributed by atoms with Gasteiger partial charge in [-0.05, 0) is 36.1 Å². The molecule has 8 heteroatoms. The van der Waals surface area contributed by atoms with E-state index in [0.29, 0.717) is 12.0 Å². The Kier molecular flexibility index (Phi) is 7.41. The lowest BCUT2D eigenvalue weighted by molar-refractivity contribution is -0.144. The molecule has 0 unspecified atom stereocenters. The number of rotatable bonds is 8. The van der Waals surface area contributed by atoms with E-state index in [1.165, 1.54) is 12.1 Å². The number of benzene rings is 1. The Balaban J connectivity index is 2.76. The molecule has 0 saturated carbocycles. The summed E-state index contributed by atoms with van der Waals surface area (Å²) in [5.41, 5.74) is -0.324. The van der Waals surface area contributed by atoms with Crippen LogP contribution in [0.5, 0.6) is 0 Å². The summed E-state index contributed by atoms with van der Waals surface area (Å²) in [4.78, 5) is 24.1. The quantitative estimate of drug-likeness (QED) is 0.732. The molecule has 0 heterocycles. The first-order chi connectivity index (χ1) is 10.7. The summed E-state index contributed by atoms with van der Waals surface area (Å²) >= 11 is 1.58. The van der Waals surface area contributed by atoms with Crippen molar-refractivity contribution in [2.24, 2.45) is 0 Å². The zero-order chi connectivity index (χ0) is 17.5. The Labute approximate surface area is 136 Å². The molecule has 23 heavy (non-hydrogen) atoms. The average molecular weight is 349 g/mol. The van der Waals surface area contributed by atoms with Crippen molar-refractivity contribution in [3.8, 4) is 0 Å². The topological polar surface area (TPSA) is 57.6 Å². The lowest BCUT2D eigenvalue weighted by atomic mass is 10.1. The van der Waals surface area contributed by atoms with Gasteiger partial charge < -0.3 is 10.0 Å². The SMILES string of the molecule is CSCCCC(=O)N(CC(=O)O)Cc1ccc(C(F)(F)F)cc1. The maximum Gasteiger partial charge on any atom is 0.416 e. The fraction of sp³-hybridized carbons (Fsp3) is 0.467. The summed E-state index contributed by atoms with van der Waals surface area (Å²) in [5.74, 6) is -0.691. The van der Waals surface area contributed by atoms with Gasteiger partial charge in [-0.3, -0.25) is 9.59 Å². The molecule has 0 aromatic heterocycles. The van der Waals surface area contributed by atoms with Crippen molar-refractivity contribution >= 4 is 23.6 Å². The van der Waals surface area contributed by atoms with E-state index in [1.54, 1.807) is 11.8 Å². The summed E-state index contributed by atoms with van der Waals surface area (Å²) in [6, 6.07) is 4.36. The van der Waals surface area contributed by atoms with Gasteiger partial charge in [-0.2, -0.15) is 24.9 Å². The van der Waals surface area contributed by atoms with E-state index >= 15 is 0 Å². The summed E-state index contributed by atoms with van der Waals surface area (Å²) in [5, 5.41) is 8.89. The van der Waals surface area contributed by atoms with Crippen LogP contribution in [0.15, 0.2) is 24.3 Å². The molecule has 1 N–H and O–H groups in total. The Morgan fingerprint density at radius 2 is 1.83 bits per heavy atom. The summed E-state index contributed by atoms with van der Waals surface area (Å²) in [7, 11) is 0. The van der Waals surface area contributed by atoms with Crippen LogP contribution < -0.4 is 0 Å². The zero-order valence-electron chi connectivity index (χ0n) is 12.6. The van der Waals surface area contributed by atoms with E-state index in [-0.39, 0.29) is 18.9 Å². The number of amides is 1. The van der Waals surface area contributed by atoms with Crippen LogP contribution in [0.2, 0.25) is 0 Å². The first-order valence-electron chi connectivity index (χ1n) is 6.88. The molecule has 1 rings (SSSR count). The number of carbonyl (C=O) groups excluding carboxylic acids is 1. The van der Waals surface area contributed by atoms with Gasteiger partial charge in [0, 0.05) is 13.0 Å². The third kappa shape index (κ3) is 6.94. The van der Waals surface area contributed by atoms with E-state index in [0.717, 1.165) is 22.8 Å². The molecule has 0 saturated heterocycles. The molecule has 0 fully saturated rings. The van der Waals surface area contributed by atoms with Crippen molar-refractivity contribution in [3.05, 3.63) is 35.4 Å². The molecule has 0 aliphatic rings. The van der Waals surface area contributed by atoms with E-state index in [2.05, 4.69) is 0 Å². The highest BCUT2D eigenvalue weighted by molar-refractivity contribution is 7.98. The van der Waals surface area contributed by atoms with Gasteiger partial charge in [0.15, 0.2) is 0 Å². The molecule has 0 aliphatic carbocycles. The number of hydrogen-bond donors (Lipinski definition) is 1. The molecule has 1 aromatic carbocycles. The number of halogens is 3. The number of hydrogen-bond acceptors (Lipinski definition) is 3. The van der Waals surface area contributed by atoms with Crippen LogP contribution in [0.1, 0.15) is 24.0 Å². The number of alkyl halides is 3. The minimum absolute atomic E-state index is 0.0253. The standard InChI is InChI=1S/C15H18F3NO3S/c1-23-8-2-3-13(20)19(10-14(21)22)9-11-4-6-12(7-5-11)15(16,17)18/h4-7H,2-3,8-10H2,1H3,(H,21,22). The van der Waals surface area contributed by atoms with Gasteiger partial charge in [0.25, 0.3) is 0 Å². The lowest BCUT2D eigenvalue weighted by Gasteiger charge is -2.21. The predicted molar refractivity (Wildman–Crippen MR) is 82.1 cm³/mol. The van der Waals surface area contributed by atoms with Crippen LogP contribution in [0, 0.1) is 0 Å². The molecule has 0 radical (unpaired) electrons. The second kappa shape index (κ2) is 8.81. The van der Waals surface area contributed by atoms with Crippen LogP contribution in [-0.4, -0.2) is 40.4 Å². The number of carbonyl (C=O) groups is 2. The maximum absolute atomic E-state index is 12.5. The minimum Gasteiger partial charge on any atom is -0.480 e. The number of carboxylic acids is 1. The third-order valence-corrected chi connectivity index (χ3v) is 3.77. The second-order valence-electron chi connectivity index (χ2n) is 4.93. The first kappa shape index (κ1) is 19.3. The van der Waals surface area contributed by atoms with Gasteiger partial charge in [-0.15, -0.1) is 0 Å². The molecule has 128 valence electrons. The number of nitrogens with zero attached hydrogens (tertiary/aromatic N) is 1. The van der Waals surface area contributed by atoms with E-state index in [1.807, 2.05) is 6.26 Å². The molecule has 4 nitrogen and oxygen atoms in total. The van der Waals surface area contributed by atoms with Crippen molar-refractivity contribution < 1.29 is 27.9 Å². The fourth-order valence-corrected chi connectivity index (χ4v) is 2.37. The molecular formula is C15H18F3NO3S. The van der Waals surface area contributed by atoms with Gasteiger partial charge in [-0.25, -0.2) is 0 Å². The van der Waals surface area contributed by atoms with Gasteiger partial charge in [0.05, 0.1) is 5.56 Å². The normalized spacial score (nSPS) is 11.3. The van der Waals surface area contributed by atoms with Crippen molar-refractivity contribution in [1.29, 1.82) is 0 Å². The maximum atomic E-state index is 12.5. The average Bonchev–Trinajstić information content (AvgIpc) is 2.46. The van der Waals surface area contributed by atoms with Crippen molar-refractivity contribution in [2.45, 2.75) is 25.6 Å². The second-order valence-corrected chi connectivity index (χ2v) is 5.92. The highest BCUT2D eigenvalue weighted by Gasteiger charge is 2.30. The Morgan fingerprint density at radius 3 is 2.30 bits per heavy atom.